The van der Waals surface area contributed by atoms with Gasteiger partial charge in [0.2, 0.25) is 0 Å². The minimum absolute atomic E-state index is 0.536. The zero-order chi connectivity index (χ0) is 17.4. The van der Waals surface area contributed by atoms with Gasteiger partial charge in [0.05, 0.1) is 30.4 Å². The summed E-state index contributed by atoms with van der Waals surface area (Å²) in [5, 5.41) is 0. The molecule has 3 aromatic rings. The number of nitrogens with one attached hydrogen (secondary N) is 1. The second-order valence-corrected chi connectivity index (χ2v) is 9.60. The molecule has 7 heteroatoms. The van der Waals surface area contributed by atoms with Gasteiger partial charge in [-0.25, -0.2) is 14.0 Å². The summed E-state index contributed by atoms with van der Waals surface area (Å²) in [6, 6.07) is 8.42. The summed E-state index contributed by atoms with van der Waals surface area (Å²) in [6.07, 6.45) is 4.83. The predicted molar refractivity (Wildman–Crippen MR) is 102 cm³/mol. The fraction of sp³-hybridized carbons (Fsp3) is 0.333. The zero-order valence-corrected chi connectivity index (χ0v) is 15.7. The molecule has 4 rings (SSSR count). The lowest BCUT2D eigenvalue weighted by Gasteiger charge is -2.19. The number of rotatable bonds is 3. The van der Waals surface area contributed by atoms with E-state index in [0.29, 0.717) is 4.90 Å². The van der Waals surface area contributed by atoms with Crippen LogP contribution in [0.2, 0.25) is 0 Å². The Kier molecular flexibility index (Phi) is 4.31. The largest absolute Gasteiger partial charge is 0.298 e. The van der Waals surface area contributed by atoms with Crippen LogP contribution in [-0.2, 0) is 29.1 Å². The van der Waals surface area contributed by atoms with Crippen LogP contribution in [0.5, 0.6) is 0 Å². The average Bonchev–Trinajstić information content (AvgIpc) is 2.95. The topological polar surface area (TPSA) is 69.9 Å². The molecule has 1 atom stereocenters. The molecule has 0 saturated carbocycles. The summed E-state index contributed by atoms with van der Waals surface area (Å²) in [6.45, 7) is 2.80. The van der Waals surface area contributed by atoms with Crippen molar-refractivity contribution in [3.8, 4) is 0 Å². The highest BCUT2D eigenvalue weighted by Crippen LogP contribution is 2.22. The zero-order valence-electron chi connectivity index (χ0n) is 14.1. The van der Waals surface area contributed by atoms with E-state index in [1.807, 2.05) is 11.6 Å². The van der Waals surface area contributed by atoms with E-state index in [0.717, 1.165) is 49.2 Å². The summed E-state index contributed by atoms with van der Waals surface area (Å²) in [7, 11) is -2.71. The molecule has 0 bridgehead atoms. The van der Waals surface area contributed by atoms with E-state index in [9.17, 15) is 4.21 Å². The molecule has 0 fully saturated rings. The van der Waals surface area contributed by atoms with Crippen molar-refractivity contribution in [2.24, 2.45) is 0 Å². The van der Waals surface area contributed by atoms with Crippen molar-refractivity contribution >= 4 is 31.3 Å². The Morgan fingerprint density at radius 2 is 2.08 bits per heavy atom. The monoisotopic (exact) mass is 372 g/mol. The Bertz CT molecular complexity index is 1030. The van der Waals surface area contributed by atoms with Gasteiger partial charge >= 0.3 is 0 Å². The van der Waals surface area contributed by atoms with Gasteiger partial charge in [0, 0.05) is 44.2 Å². The first-order valence-electron chi connectivity index (χ1n) is 8.25. The highest BCUT2D eigenvalue weighted by atomic mass is 32.2. The molecule has 0 aliphatic carbocycles. The number of hydrogen-bond acceptors (Lipinski definition) is 6. The van der Waals surface area contributed by atoms with Crippen molar-refractivity contribution in [1.82, 2.24) is 14.9 Å². The Balaban J connectivity index is 1.51. The van der Waals surface area contributed by atoms with Crippen molar-refractivity contribution < 1.29 is 4.21 Å². The molecule has 0 radical (unpaired) electrons. The van der Waals surface area contributed by atoms with Crippen molar-refractivity contribution in [2.75, 3.05) is 19.3 Å². The molecule has 1 aliphatic rings. The predicted octanol–water partition coefficient (Wildman–Crippen LogP) is 3.33. The Morgan fingerprint density at radius 1 is 1.24 bits per heavy atom. The van der Waals surface area contributed by atoms with Crippen LogP contribution in [0.1, 0.15) is 16.8 Å². The summed E-state index contributed by atoms with van der Waals surface area (Å²) >= 11 is 1.67. The van der Waals surface area contributed by atoms with Gasteiger partial charge in [0.25, 0.3) is 0 Å². The lowest BCUT2D eigenvalue weighted by molar-refractivity contribution is 0.279. The van der Waals surface area contributed by atoms with Crippen LogP contribution in [0.15, 0.2) is 40.9 Å². The maximum atomic E-state index is 12.0. The second kappa shape index (κ2) is 6.48. The maximum Gasteiger partial charge on any atom is 0.0815 e. The fourth-order valence-corrected chi connectivity index (χ4v) is 4.52. The van der Waals surface area contributed by atoms with Gasteiger partial charge in [-0.15, -0.1) is 11.3 Å². The van der Waals surface area contributed by atoms with Crippen LogP contribution >= 0.6 is 11.3 Å². The minimum atomic E-state index is -2.71. The number of pyridine rings is 1. The molecule has 1 unspecified atom stereocenters. The number of hydrogen-bond donors (Lipinski definition) is 1. The molecular weight excluding hydrogens is 352 g/mol. The summed E-state index contributed by atoms with van der Waals surface area (Å²) in [4.78, 5) is 11.9. The molecule has 1 aromatic carbocycles. The van der Waals surface area contributed by atoms with E-state index in [1.165, 1.54) is 16.5 Å². The van der Waals surface area contributed by atoms with Crippen LogP contribution in [0, 0.1) is 4.78 Å². The van der Waals surface area contributed by atoms with E-state index in [1.54, 1.807) is 17.5 Å². The average molecular weight is 373 g/mol. The molecule has 0 spiro atoms. The van der Waals surface area contributed by atoms with Crippen LogP contribution < -0.4 is 0 Å². The quantitative estimate of drug-likeness (QED) is 0.766. The van der Waals surface area contributed by atoms with Crippen molar-refractivity contribution in [3.63, 3.8) is 0 Å². The van der Waals surface area contributed by atoms with Gasteiger partial charge in [-0.2, -0.15) is 0 Å². The molecule has 5 nitrogen and oxygen atoms in total. The highest BCUT2D eigenvalue weighted by Gasteiger charge is 2.17. The first-order valence-corrected chi connectivity index (χ1v) is 11.1. The minimum Gasteiger partial charge on any atom is -0.298 e. The summed E-state index contributed by atoms with van der Waals surface area (Å²) < 4.78 is 20.9. The fourth-order valence-electron chi connectivity index (χ4n) is 3.24. The molecule has 0 amide bonds. The van der Waals surface area contributed by atoms with Gasteiger partial charge in [-0.3, -0.25) is 9.88 Å². The molecule has 2 aromatic heterocycles. The molecule has 130 valence electrons. The Labute approximate surface area is 151 Å². The van der Waals surface area contributed by atoms with Gasteiger partial charge in [0.1, 0.15) is 0 Å². The Morgan fingerprint density at radius 3 is 2.92 bits per heavy atom. The van der Waals surface area contributed by atoms with Gasteiger partial charge in [0.15, 0.2) is 0 Å². The molecule has 0 saturated heterocycles. The molecule has 1 aliphatic heterocycles. The number of benzene rings is 1. The standard InChI is InChI=1S/C18H20N4OS2/c1-25(19,23)15-9-14-4-6-22(7-5-16(14)20-10-15)11-13-2-3-18-17(8-13)21-12-24-18/h2-3,8-10,12,19H,4-7,11H2,1H3. The van der Waals surface area contributed by atoms with Crippen molar-refractivity contribution in [2.45, 2.75) is 24.3 Å². The third-order valence-corrected chi connectivity index (χ3v) is 6.58. The lowest BCUT2D eigenvalue weighted by atomic mass is 10.1. The van der Waals surface area contributed by atoms with E-state index in [-0.39, 0.29) is 0 Å². The van der Waals surface area contributed by atoms with Gasteiger partial charge in [-0.05, 0) is 35.7 Å². The third kappa shape index (κ3) is 3.58. The maximum absolute atomic E-state index is 12.0. The van der Waals surface area contributed by atoms with Gasteiger partial charge < -0.3 is 0 Å². The second-order valence-electron chi connectivity index (χ2n) is 6.55. The SMILES string of the molecule is CS(=N)(=O)c1cnc2c(c1)CCN(Cc1ccc3scnc3c1)CC2. The van der Waals surface area contributed by atoms with E-state index >= 15 is 0 Å². The van der Waals surface area contributed by atoms with E-state index in [2.05, 4.69) is 33.1 Å². The number of fused-ring (bicyclic) bond motifs is 2. The normalized spacial score (nSPS) is 17.8. The van der Waals surface area contributed by atoms with Crippen LogP contribution in [-0.4, -0.2) is 38.4 Å². The van der Waals surface area contributed by atoms with Gasteiger partial charge in [-0.1, -0.05) is 6.07 Å². The molecule has 3 heterocycles. The number of thiazole rings is 1. The molecule has 1 N–H and O–H groups in total. The van der Waals surface area contributed by atoms with Crippen LogP contribution in [0.3, 0.4) is 0 Å². The van der Waals surface area contributed by atoms with Crippen molar-refractivity contribution in [1.29, 1.82) is 4.78 Å². The number of nitrogens with zero attached hydrogens (tertiary/aromatic N) is 3. The van der Waals surface area contributed by atoms with E-state index < -0.39 is 9.73 Å². The van der Waals surface area contributed by atoms with Crippen molar-refractivity contribution in [3.05, 3.63) is 52.8 Å². The van der Waals surface area contributed by atoms with Crippen LogP contribution in [0.25, 0.3) is 10.2 Å². The number of aromatic nitrogens is 2. The van der Waals surface area contributed by atoms with Crippen LogP contribution in [0.4, 0.5) is 0 Å². The summed E-state index contributed by atoms with van der Waals surface area (Å²) in [5.41, 5.74) is 6.45. The molecule has 25 heavy (non-hydrogen) atoms. The highest BCUT2D eigenvalue weighted by molar-refractivity contribution is 7.91. The first-order chi connectivity index (χ1) is 12.0. The smallest absolute Gasteiger partial charge is 0.0815 e. The first kappa shape index (κ1) is 16.6. The Hall–Kier alpha value is -1.83. The molecular formula is C18H20N4OS2. The van der Waals surface area contributed by atoms with E-state index in [4.69, 9.17) is 4.78 Å². The lowest BCUT2D eigenvalue weighted by Crippen LogP contribution is -2.25. The summed E-state index contributed by atoms with van der Waals surface area (Å²) in [5.74, 6) is 0. The third-order valence-electron chi connectivity index (χ3n) is 4.65.